The summed E-state index contributed by atoms with van der Waals surface area (Å²) in [6.45, 7) is 0. The second-order valence-electron chi connectivity index (χ2n) is 1.37. The van der Waals surface area contributed by atoms with Crippen LogP contribution in [-0.4, -0.2) is 4.98 Å². The zero-order chi connectivity index (χ0) is 5.98. The SMILES string of the molecule is Pc1ncccc1Cl. The second kappa shape index (κ2) is 2.43. The molecule has 0 radical (unpaired) electrons. The van der Waals surface area contributed by atoms with Gasteiger partial charge in [-0.05, 0) is 12.1 Å². The predicted octanol–water partition coefficient (Wildman–Crippen LogP) is 1.24. The summed E-state index contributed by atoms with van der Waals surface area (Å²) in [5.74, 6) is 0. The molecule has 0 aliphatic carbocycles. The molecule has 0 amide bonds. The van der Waals surface area contributed by atoms with Gasteiger partial charge in [0.1, 0.15) is 0 Å². The van der Waals surface area contributed by atoms with Crippen molar-refractivity contribution in [2.45, 2.75) is 0 Å². The monoisotopic (exact) mass is 145 g/mol. The molecule has 0 bridgehead atoms. The standard InChI is InChI=1S/C5H5ClNP/c6-4-2-1-3-7-5(4)8/h1-3H,8H2. The van der Waals surface area contributed by atoms with Crippen molar-refractivity contribution in [1.29, 1.82) is 0 Å². The lowest BCUT2D eigenvalue weighted by Gasteiger charge is -1.89. The van der Waals surface area contributed by atoms with Crippen molar-refractivity contribution in [3.63, 3.8) is 0 Å². The lowest BCUT2D eigenvalue weighted by Crippen LogP contribution is -1.95. The summed E-state index contributed by atoms with van der Waals surface area (Å²) in [7, 11) is 2.44. The van der Waals surface area contributed by atoms with E-state index in [2.05, 4.69) is 14.2 Å². The highest BCUT2D eigenvalue weighted by atomic mass is 35.5. The minimum atomic E-state index is 0.692. The Balaban J connectivity index is 3.13. The largest absolute Gasteiger partial charge is 0.256 e. The number of rotatable bonds is 0. The molecule has 1 heterocycles. The summed E-state index contributed by atoms with van der Waals surface area (Å²) in [6.07, 6.45) is 1.70. The van der Waals surface area contributed by atoms with E-state index < -0.39 is 0 Å². The molecule has 8 heavy (non-hydrogen) atoms. The van der Waals surface area contributed by atoms with Crippen LogP contribution in [0.4, 0.5) is 0 Å². The summed E-state index contributed by atoms with van der Waals surface area (Å²) in [5, 5.41) is 0.692. The van der Waals surface area contributed by atoms with Crippen molar-refractivity contribution < 1.29 is 0 Å². The lowest BCUT2D eigenvalue weighted by molar-refractivity contribution is 1.40. The van der Waals surface area contributed by atoms with E-state index >= 15 is 0 Å². The summed E-state index contributed by atoms with van der Waals surface area (Å²) < 4.78 is 0. The fourth-order valence-corrected chi connectivity index (χ4v) is 0.702. The molecular formula is C5H5ClNP. The number of halogens is 1. The zero-order valence-corrected chi connectivity index (χ0v) is 6.05. The van der Waals surface area contributed by atoms with Crippen molar-refractivity contribution >= 4 is 26.3 Å². The molecule has 1 nitrogen and oxygen atoms in total. The van der Waals surface area contributed by atoms with Gasteiger partial charge in [0.25, 0.3) is 0 Å². The summed E-state index contributed by atoms with van der Waals surface area (Å²) in [5.41, 5.74) is 0.800. The first kappa shape index (κ1) is 6.00. The smallest absolute Gasteiger partial charge is 0.0754 e. The first-order chi connectivity index (χ1) is 3.80. The second-order valence-corrected chi connectivity index (χ2v) is 2.32. The molecule has 1 rings (SSSR count). The fourth-order valence-electron chi connectivity index (χ4n) is 0.398. The third-order valence-corrected chi connectivity index (χ3v) is 1.75. The zero-order valence-electron chi connectivity index (χ0n) is 4.13. The minimum absolute atomic E-state index is 0.692. The van der Waals surface area contributed by atoms with E-state index in [0.717, 1.165) is 5.44 Å². The molecule has 3 heteroatoms. The van der Waals surface area contributed by atoms with E-state index in [9.17, 15) is 0 Å². The Morgan fingerprint density at radius 3 is 2.75 bits per heavy atom. The number of nitrogens with zero attached hydrogens (tertiary/aromatic N) is 1. The molecule has 0 N–H and O–H groups in total. The Bertz CT molecular complexity index is 169. The van der Waals surface area contributed by atoms with Gasteiger partial charge in [-0.3, -0.25) is 4.98 Å². The molecule has 0 aliphatic rings. The number of aromatic nitrogens is 1. The normalized spacial score (nSPS) is 9.25. The summed E-state index contributed by atoms with van der Waals surface area (Å²) in [4.78, 5) is 3.91. The van der Waals surface area contributed by atoms with Crippen LogP contribution in [0.15, 0.2) is 18.3 Å². The van der Waals surface area contributed by atoms with Gasteiger partial charge in [0.15, 0.2) is 0 Å². The van der Waals surface area contributed by atoms with Crippen molar-refractivity contribution in [1.82, 2.24) is 4.98 Å². The van der Waals surface area contributed by atoms with Gasteiger partial charge in [-0.1, -0.05) is 20.8 Å². The van der Waals surface area contributed by atoms with E-state index in [-0.39, 0.29) is 0 Å². The van der Waals surface area contributed by atoms with E-state index in [1.54, 1.807) is 18.3 Å². The molecule has 0 fully saturated rings. The van der Waals surface area contributed by atoms with Crippen molar-refractivity contribution in [2.24, 2.45) is 0 Å². The summed E-state index contributed by atoms with van der Waals surface area (Å²) >= 11 is 5.63. The maximum absolute atomic E-state index is 5.63. The lowest BCUT2D eigenvalue weighted by atomic mass is 10.5. The molecular weight excluding hydrogens is 140 g/mol. The Hall–Kier alpha value is -0.130. The van der Waals surface area contributed by atoms with Crippen molar-refractivity contribution in [3.8, 4) is 0 Å². The molecule has 0 aromatic carbocycles. The van der Waals surface area contributed by atoms with Gasteiger partial charge in [0.2, 0.25) is 0 Å². The Morgan fingerprint density at radius 1 is 1.62 bits per heavy atom. The quantitative estimate of drug-likeness (QED) is 0.501. The summed E-state index contributed by atoms with van der Waals surface area (Å²) in [6, 6.07) is 3.60. The van der Waals surface area contributed by atoms with Crippen LogP contribution in [0.1, 0.15) is 0 Å². The maximum atomic E-state index is 5.63. The third-order valence-electron chi connectivity index (χ3n) is 0.787. The molecule has 1 aromatic rings. The molecule has 1 atom stereocenters. The van der Waals surface area contributed by atoms with E-state index in [0.29, 0.717) is 5.02 Å². The van der Waals surface area contributed by atoms with Gasteiger partial charge in [0.05, 0.1) is 10.5 Å². The number of hydrogen-bond acceptors (Lipinski definition) is 1. The highest BCUT2D eigenvalue weighted by Crippen LogP contribution is 2.03. The van der Waals surface area contributed by atoms with Gasteiger partial charge >= 0.3 is 0 Å². The Labute approximate surface area is 55.3 Å². The van der Waals surface area contributed by atoms with Gasteiger partial charge in [-0.25, -0.2) is 0 Å². The van der Waals surface area contributed by atoms with Crippen molar-refractivity contribution in [3.05, 3.63) is 23.4 Å². The first-order valence-electron chi connectivity index (χ1n) is 2.16. The number of hydrogen-bond donors (Lipinski definition) is 0. The molecule has 0 saturated heterocycles. The Kier molecular flexibility index (Phi) is 1.82. The van der Waals surface area contributed by atoms with Gasteiger partial charge < -0.3 is 0 Å². The number of pyridine rings is 1. The average molecular weight is 146 g/mol. The van der Waals surface area contributed by atoms with Gasteiger partial charge in [-0.15, -0.1) is 0 Å². The highest BCUT2D eigenvalue weighted by molar-refractivity contribution is 7.27. The average Bonchev–Trinajstić information content (AvgIpc) is 1.77. The van der Waals surface area contributed by atoms with Crippen LogP contribution < -0.4 is 5.44 Å². The van der Waals surface area contributed by atoms with Gasteiger partial charge in [0, 0.05) is 6.20 Å². The predicted molar refractivity (Wildman–Crippen MR) is 38.6 cm³/mol. The van der Waals surface area contributed by atoms with Crippen LogP contribution in [-0.2, 0) is 0 Å². The first-order valence-corrected chi connectivity index (χ1v) is 3.12. The van der Waals surface area contributed by atoms with Crippen LogP contribution in [0.5, 0.6) is 0 Å². The fraction of sp³-hybridized carbons (Fsp3) is 0. The molecule has 0 saturated carbocycles. The Morgan fingerprint density at radius 2 is 2.38 bits per heavy atom. The van der Waals surface area contributed by atoms with Crippen LogP contribution in [0, 0.1) is 0 Å². The van der Waals surface area contributed by atoms with Crippen LogP contribution in [0.3, 0.4) is 0 Å². The van der Waals surface area contributed by atoms with E-state index in [1.165, 1.54) is 0 Å². The highest BCUT2D eigenvalue weighted by Gasteiger charge is 1.88. The molecule has 1 aromatic heterocycles. The molecule has 0 aliphatic heterocycles. The van der Waals surface area contributed by atoms with Crippen molar-refractivity contribution in [2.75, 3.05) is 0 Å². The molecule has 42 valence electrons. The molecule has 0 spiro atoms. The van der Waals surface area contributed by atoms with E-state index in [1.807, 2.05) is 0 Å². The third kappa shape index (κ3) is 1.18. The molecule has 1 unspecified atom stereocenters. The van der Waals surface area contributed by atoms with Crippen LogP contribution >= 0.6 is 20.8 Å². The maximum Gasteiger partial charge on any atom is 0.0754 e. The van der Waals surface area contributed by atoms with Crippen LogP contribution in [0.2, 0.25) is 5.02 Å². The minimum Gasteiger partial charge on any atom is -0.256 e. The van der Waals surface area contributed by atoms with E-state index in [4.69, 9.17) is 11.6 Å². The van der Waals surface area contributed by atoms with Crippen LogP contribution in [0.25, 0.3) is 0 Å². The van der Waals surface area contributed by atoms with Gasteiger partial charge in [-0.2, -0.15) is 0 Å². The topological polar surface area (TPSA) is 12.9 Å².